The molecule has 0 unspecified atom stereocenters. The molecule has 1 amide bonds. The minimum Gasteiger partial charge on any atom is -0.399 e. The van der Waals surface area contributed by atoms with Crippen LogP contribution in [0, 0.1) is 0 Å². The monoisotopic (exact) mass is 346 g/mol. The van der Waals surface area contributed by atoms with Crippen LogP contribution in [0.3, 0.4) is 0 Å². The van der Waals surface area contributed by atoms with Gasteiger partial charge in [-0.1, -0.05) is 12.1 Å². The molecule has 7 nitrogen and oxygen atoms in total. The number of nitrogens with zero attached hydrogens (tertiary/aromatic N) is 2. The molecule has 0 radical (unpaired) electrons. The zero-order chi connectivity index (χ0) is 17.2. The van der Waals surface area contributed by atoms with E-state index in [2.05, 4.69) is 9.71 Å². The van der Waals surface area contributed by atoms with Crippen molar-refractivity contribution >= 4 is 27.5 Å². The molecular weight excluding hydrogens is 328 g/mol. The standard InChI is InChI=1S/C16H18N4O3S/c17-14-4-1-12(2-5-14)7-8-18-16(21)13-3-6-15-19-24(22,23)10-9-20(15)11-13/h1-6,11H,7-10,17H2,(H,18,21). The highest BCUT2D eigenvalue weighted by Crippen LogP contribution is 2.15. The first-order chi connectivity index (χ1) is 11.4. The molecule has 2 aliphatic rings. The van der Waals surface area contributed by atoms with E-state index in [0.29, 0.717) is 36.6 Å². The largest absolute Gasteiger partial charge is 0.399 e. The summed E-state index contributed by atoms with van der Waals surface area (Å²) in [6.07, 6.45) is 5.46. The molecule has 0 saturated heterocycles. The average molecular weight is 346 g/mol. The summed E-state index contributed by atoms with van der Waals surface area (Å²) in [7, 11) is -3.38. The molecule has 3 rings (SSSR count). The zero-order valence-electron chi connectivity index (χ0n) is 13.0. The van der Waals surface area contributed by atoms with Crippen molar-refractivity contribution in [2.75, 3.05) is 24.6 Å². The maximum absolute atomic E-state index is 12.2. The number of anilines is 1. The average Bonchev–Trinajstić information content (AvgIpc) is 2.55. The normalized spacial score (nSPS) is 18.4. The lowest BCUT2D eigenvalue weighted by atomic mass is 10.1. The fraction of sp³-hybridized carbons (Fsp3) is 0.250. The van der Waals surface area contributed by atoms with Gasteiger partial charge in [-0.05, 0) is 36.3 Å². The van der Waals surface area contributed by atoms with Crippen molar-refractivity contribution in [1.82, 2.24) is 10.2 Å². The highest BCUT2D eigenvalue weighted by molar-refractivity contribution is 7.90. The minimum atomic E-state index is -3.38. The van der Waals surface area contributed by atoms with Gasteiger partial charge >= 0.3 is 0 Å². The minimum absolute atomic E-state index is 0.0487. The second kappa shape index (κ2) is 6.48. The Labute approximate surface area is 140 Å². The molecule has 8 heteroatoms. The van der Waals surface area contributed by atoms with Crippen LogP contribution in [-0.2, 0) is 21.2 Å². The van der Waals surface area contributed by atoms with Crippen LogP contribution >= 0.6 is 0 Å². The number of amides is 1. The summed E-state index contributed by atoms with van der Waals surface area (Å²) in [5.74, 6) is 0.0984. The summed E-state index contributed by atoms with van der Waals surface area (Å²) < 4.78 is 26.6. The molecule has 0 aliphatic carbocycles. The molecule has 2 heterocycles. The number of hydrogen-bond acceptors (Lipinski definition) is 5. The molecule has 126 valence electrons. The Bertz CT molecular complexity index is 839. The van der Waals surface area contributed by atoms with Crippen LogP contribution < -0.4 is 11.1 Å². The number of carbonyl (C=O) groups is 1. The summed E-state index contributed by atoms with van der Waals surface area (Å²) in [6, 6.07) is 7.51. The van der Waals surface area contributed by atoms with Crippen molar-refractivity contribution < 1.29 is 13.2 Å². The van der Waals surface area contributed by atoms with Gasteiger partial charge in [0.05, 0.1) is 11.3 Å². The van der Waals surface area contributed by atoms with Crippen LogP contribution in [0.25, 0.3) is 0 Å². The number of benzene rings is 1. The first kappa shape index (κ1) is 16.3. The molecule has 0 saturated carbocycles. The Kier molecular flexibility index (Phi) is 4.39. The molecule has 3 N–H and O–H groups in total. The predicted molar refractivity (Wildman–Crippen MR) is 92.7 cm³/mol. The van der Waals surface area contributed by atoms with Gasteiger partial charge in [-0.25, -0.2) is 8.42 Å². The number of carbonyl (C=O) groups excluding carboxylic acids is 1. The molecule has 0 atom stereocenters. The van der Waals surface area contributed by atoms with E-state index in [0.717, 1.165) is 5.56 Å². The first-order valence-electron chi connectivity index (χ1n) is 7.55. The van der Waals surface area contributed by atoms with E-state index >= 15 is 0 Å². The number of fused-ring (bicyclic) bond motifs is 1. The van der Waals surface area contributed by atoms with E-state index in [1.807, 2.05) is 24.3 Å². The number of nitrogens with one attached hydrogen (secondary N) is 1. The van der Waals surface area contributed by atoms with Crippen LogP contribution in [0.15, 0.2) is 52.6 Å². The molecule has 0 spiro atoms. The molecule has 1 aromatic carbocycles. The topological polar surface area (TPSA) is 105 Å². The van der Waals surface area contributed by atoms with Crippen molar-refractivity contribution in [1.29, 1.82) is 0 Å². The van der Waals surface area contributed by atoms with E-state index in [1.54, 1.807) is 23.3 Å². The van der Waals surface area contributed by atoms with E-state index < -0.39 is 10.0 Å². The number of hydrogen-bond donors (Lipinski definition) is 2. The summed E-state index contributed by atoms with van der Waals surface area (Å²) in [4.78, 5) is 13.9. The van der Waals surface area contributed by atoms with Gasteiger partial charge < -0.3 is 16.0 Å². The summed E-state index contributed by atoms with van der Waals surface area (Å²) in [5.41, 5.74) is 7.91. The predicted octanol–water partition coefficient (Wildman–Crippen LogP) is 0.425. The third-order valence-electron chi connectivity index (χ3n) is 3.77. The second-order valence-corrected chi connectivity index (χ2v) is 7.35. The van der Waals surface area contributed by atoms with Crippen LogP contribution in [-0.4, -0.2) is 43.9 Å². The van der Waals surface area contributed by atoms with Gasteiger partial charge in [0.1, 0.15) is 5.84 Å². The van der Waals surface area contributed by atoms with Crippen molar-refractivity contribution in [3.63, 3.8) is 0 Å². The van der Waals surface area contributed by atoms with Gasteiger partial charge in [0.2, 0.25) is 0 Å². The van der Waals surface area contributed by atoms with E-state index in [9.17, 15) is 13.2 Å². The smallest absolute Gasteiger partial charge is 0.256 e. The highest BCUT2D eigenvalue weighted by atomic mass is 32.2. The van der Waals surface area contributed by atoms with E-state index in [1.165, 1.54) is 0 Å². The maximum atomic E-state index is 12.2. The molecule has 0 aromatic heterocycles. The molecule has 1 aromatic rings. The van der Waals surface area contributed by atoms with Gasteiger partial charge in [0.25, 0.3) is 15.9 Å². The Hall–Kier alpha value is -2.61. The van der Waals surface area contributed by atoms with Crippen molar-refractivity contribution in [2.24, 2.45) is 4.40 Å². The van der Waals surface area contributed by atoms with E-state index in [4.69, 9.17) is 5.73 Å². The van der Waals surface area contributed by atoms with Gasteiger partial charge in [-0.3, -0.25) is 4.79 Å². The quantitative estimate of drug-likeness (QED) is 0.769. The van der Waals surface area contributed by atoms with Gasteiger partial charge in [0, 0.05) is 25.0 Å². The van der Waals surface area contributed by atoms with Crippen LogP contribution in [0.2, 0.25) is 0 Å². The molecular formula is C16H18N4O3S. The van der Waals surface area contributed by atoms with Crippen molar-refractivity contribution in [2.45, 2.75) is 6.42 Å². The zero-order valence-corrected chi connectivity index (χ0v) is 13.8. The van der Waals surface area contributed by atoms with Gasteiger partial charge in [-0.2, -0.15) is 0 Å². The van der Waals surface area contributed by atoms with Crippen LogP contribution in [0.4, 0.5) is 5.69 Å². The van der Waals surface area contributed by atoms with E-state index in [-0.39, 0.29) is 11.7 Å². The summed E-state index contributed by atoms with van der Waals surface area (Å²) in [5, 5.41) is 2.85. The number of sulfonamides is 1. The Morgan fingerprint density at radius 1 is 1.25 bits per heavy atom. The fourth-order valence-electron chi connectivity index (χ4n) is 2.44. The van der Waals surface area contributed by atoms with Crippen LogP contribution in [0.5, 0.6) is 0 Å². The third-order valence-corrected chi connectivity index (χ3v) is 4.93. The van der Waals surface area contributed by atoms with Gasteiger partial charge in [-0.15, -0.1) is 4.40 Å². The molecule has 24 heavy (non-hydrogen) atoms. The van der Waals surface area contributed by atoms with Gasteiger partial charge in [0.15, 0.2) is 0 Å². The third kappa shape index (κ3) is 3.83. The lowest BCUT2D eigenvalue weighted by Gasteiger charge is -2.26. The fourth-order valence-corrected chi connectivity index (χ4v) is 3.41. The van der Waals surface area contributed by atoms with Crippen molar-refractivity contribution in [3.8, 4) is 0 Å². The number of amidine groups is 1. The lowest BCUT2D eigenvalue weighted by Crippen LogP contribution is -2.38. The first-order valence-corrected chi connectivity index (χ1v) is 9.16. The number of nitrogens with two attached hydrogens (primary N) is 1. The SMILES string of the molecule is Nc1ccc(CCNC(=O)C2=CN3CCS(=O)(=O)N=C3C=C2)cc1. The number of nitrogen functional groups attached to an aromatic ring is 1. The summed E-state index contributed by atoms with van der Waals surface area (Å²) >= 11 is 0. The second-order valence-electron chi connectivity index (χ2n) is 5.59. The summed E-state index contributed by atoms with van der Waals surface area (Å²) in [6.45, 7) is 0.803. The lowest BCUT2D eigenvalue weighted by molar-refractivity contribution is -0.117. The van der Waals surface area contributed by atoms with Crippen LogP contribution in [0.1, 0.15) is 5.56 Å². The Morgan fingerprint density at radius 2 is 2.00 bits per heavy atom. The van der Waals surface area contributed by atoms with Crippen molar-refractivity contribution in [3.05, 3.63) is 53.8 Å². The Morgan fingerprint density at radius 3 is 2.75 bits per heavy atom. The molecule has 0 fully saturated rings. The Balaban J connectivity index is 1.57. The maximum Gasteiger partial charge on any atom is 0.256 e. The highest BCUT2D eigenvalue weighted by Gasteiger charge is 2.24. The molecule has 0 bridgehead atoms. The number of rotatable bonds is 4. The molecule has 2 aliphatic heterocycles.